The van der Waals surface area contributed by atoms with Gasteiger partial charge in [0.05, 0.1) is 6.54 Å². The van der Waals surface area contributed by atoms with E-state index in [1.165, 1.54) is 0 Å². The molecule has 25 heavy (non-hydrogen) atoms. The topological polar surface area (TPSA) is 73.8 Å². The number of amides is 1. The number of hydrogen-bond donors (Lipinski definition) is 2. The summed E-state index contributed by atoms with van der Waals surface area (Å²) >= 11 is 0. The lowest BCUT2D eigenvalue weighted by molar-refractivity contribution is -0.129. The predicted molar refractivity (Wildman–Crippen MR) is 104 cm³/mol. The molecule has 7 heteroatoms. The number of carbonyl (C=O) groups excluding carboxylic acids is 1. The first-order valence-corrected chi connectivity index (χ1v) is 11.2. The van der Waals surface area contributed by atoms with Gasteiger partial charge in [-0.2, -0.15) is 0 Å². The van der Waals surface area contributed by atoms with Crippen LogP contribution in [0, 0.1) is 0 Å². The average molecular weight is 371 g/mol. The number of guanidine groups is 1. The number of likely N-dealkylation sites (tertiary alicyclic amines) is 1. The van der Waals surface area contributed by atoms with E-state index in [4.69, 9.17) is 0 Å². The van der Waals surface area contributed by atoms with Crippen molar-refractivity contribution in [3.8, 4) is 0 Å². The zero-order valence-electron chi connectivity index (χ0n) is 15.8. The van der Waals surface area contributed by atoms with Gasteiger partial charge in [-0.15, -0.1) is 0 Å². The number of nitrogens with zero attached hydrogens (tertiary/aromatic N) is 2. The normalized spacial score (nSPS) is 25.7. The third-order valence-corrected chi connectivity index (χ3v) is 6.76. The fourth-order valence-electron chi connectivity index (χ4n) is 3.65. The number of aliphatic imine (C=N–C) groups is 1. The van der Waals surface area contributed by atoms with Crippen molar-refractivity contribution in [3.63, 3.8) is 0 Å². The van der Waals surface area contributed by atoms with Crippen LogP contribution in [0.15, 0.2) is 4.99 Å². The van der Waals surface area contributed by atoms with Gasteiger partial charge in [0.1, 0.15) is 0 Å². The van der Waals surface area contributed by atoms with Gasteiger partial charge in [0.25, 0.3) is 0 Å². The van der Waals surface area contributed by atoms with Gasteiger partial charge in [-0.05, 0) is 39.0 Å². The van der Waals surface area contributed by atoms with Crippen LogP contribution in [-0.2, 0) is 15.6 Å². The number of carbonyl (C=O) groups is 1. The number of nitrogens with one attached hydrogen (secondary N) is 2. The second-order valence-corrected chi connectivity index (χ2v) is 8.90. The summed E-state index contributed by atoms with van der Waals surface area (Å²) in [6, 6.07) is 0.321. The molecule has 1 saturated heterocycles. The maximum Gasteiger partial charge on any atom is 0.224 e. The Kier molecular flexibility index (Phi) is 8.72. The van der Waals surface area contributed by atoms with E-state index in [0.717, 1.165) is 69.9 Å². The summed E-state index contributed by atoms with van der Waals surface area (Å²) in [6.45, 7) is 7.15. The molecular weight excluding hydrogens is 336 g/mol. The summed E-state index contributed by atoms with van der Waals surface area (Å²) in [5, 5.41) is 7.06. The summed E-state index contributed by atoms with van der Waals surface area (Å²) < 4.78 is 12.1. The molecule has 3 atom stereocenters. The molecule has 144 valence electrons. The summed E-state index contributed by atoms with van der Waals surface area (Å²) in [6.07, 6.45) is 6.94. The van der Waals surface area contributed by atoms with E-state index < -0.39 is 10.8 Å². The first kappa shape index (κ1) is 20.2. The van der Waals surface area contributed by atoms with E-state index in [0.29, 0.717) is 24.3 Å². The lowest BCUT2D eigenvalue weighted by Crippen LogP contribution is -2.46. The fourth-order valence-corrected chi connectivity index (χ4v) is 5.00. The van der Waals surface area contributed by atoms with Gasteiger partial charge in [0, 0.05) is 53.9 Å². The van der Waals surface area contributed by atoms with Gasteiger partial charge < -0.3 is 15.5 Å². The van der Waals surface area contributed by atoms with Crippen LogP contribution in [0.5, 0.6) is 0 Å². The SMILES string of the molecule is CCNC(=NCCC(=O)N1CCCC1)NC1CCCC(S(=O)CC)C1. The van der Waals surface area contributed by atoms with E-state index in [-0.39, 0.29) is 5.91 Å². The molecule has 0 aromatic heterocycles. The Morgan fingerprint density at radius 2 is 1.96 bits per heavy atom. The van der Waals surface area contributed by atoms with Crippen molar-refractivity contribution in [3.05, 3.63) is 0 Å². The highest BCUT2D eigenvalue weighted by Gasteiger charge is 2.26. The quantitative estimate of drug-likeness (QED) is 0.528. The van der Waals surface area contributed by atoms with Crippen LogP contribution < -0.4 is 10.6 Å². The highest BCUT2D eigenvalue weighted by atomic mass is 32.2. The zero-order valence-corrected chi connectivity index (χ0v) is 16.6. The molecule has 1 saturated carbocycles. The van der Waals surface area contributed by atoms with Crippen molar-refractivity contribution >= 4 is 22.7 Å². The number of rotatable bonds is 7. The highest BCUT2D eigenvalue weighted by molar-refractivity contribution is 7.85. The zero-order chi connectivity index (χ0) is 18.1. The van der Waals surface area contributed by atoms with E-state index in [1.807, 2.05) is 18.7 Å². The van der Waals surface area contributed by atoms with Crippen molar-refractivity contribution < 1.29 is 9.00 Å². The molecule has 0 bridgehead atoms. The first-order valence-electron chi connectivity index (χ1n) is 9.83. The third kappa shape index (κ3) is 6.60. The van der Waals surface area contributed by atoms with Crippen molar-refractivity contribution in [1.29, 1.82) is 0 Å². The molecule has 0 spiro atoms. The van der Waals surface area contributed by atoms with Crippen LogP contribution in [0.2, 0.25) is 0 Å². The molecule has 0 aromatic rings. The second kappa shape index (κ2) is 10.8. The van der Waals surface area contributed by atoms with Crippen molar-refractivity contribution in [1.82, 2.24) is 15.5 Å². The Labute approximate surface area is 154 Å². The molecule has 1 aliphatic carbocycles. The maximum atomic E-state index is 12.1. The Morgan fingerprint density at radius 1 is 1.20 bits per heavy atom. The second-order valence-electron chi connectivity index (χ2n) is 6.90. The lowest BCUT2D eigenvalue weighted by Gasteiger charge is -2.30. The molecule has 3 unspecified atom stereocenters. The van der Waals surface area contributed by atoms with Crippen LogP contribution in [0.3, 0.4) is 0 Å². The van der Waals surface area contributed by atoms with E-state index in [9.17, 15) is 9.00 Å². The molecule has 6 nitrogen and oxygen atoms in total. The van der Waals surface area contributed by atoms with Gasteiger partial charge in [-0.25, -0.2) is 0 Å². The minimum atomic E-state index is -0.716. The molecule has 2 aliphatic rings. The molecule has 1 aliphatic heterocycles. The lowest BCUT2D eigenvalue weighted by atomic mass is 9.95. The van der Waals surface area contributed by atoms with Gasteiger partial charge in [0.2, 0.25) is 5.91 Å². The molecule has 1 heterocycles. The molecule has 2 fully saturated rings. The Bertz CT molecular complexity index is 478. The molecule has 2 N–H and O–H groups in total. The Hall–Kier alpha value is -1.11. The summed E-state index contributed by atoms with van der Waals surface area (Å²) in [5.41, 5.74) is 0. The van der Waals surface area contributed by atoms with E-state index >= 15 is 0 Å². The van der Waals surface area contributed by atoms with Gasteiger partial charge in [-0.3, -0.25) is 14.0 Å². The average Bonchev–Trinajstić information content (AvgIpc) is 3.16. The summed E-state index contributed by atoms with van der Waals surface area (Å²) in [5.74, 6) is 1.74. The van der Waals surface area contributed by atoms with Crippen molar-refractivity contribution in [2.45, 2.75) is 70.1 Å². The largest absolute Gasteiger partial charge is 0.357 e. The predicted octanol–water partition coefficient (Wildman–Crippen LogP) is 1.63. The standard InChI is InChI=1S/C18H34N4O2S/c1-3-19-18(20-11-10-17(23)22-12-5-6-13-22)21-15-8-7-9-16(14-15)25(24)4-2/h15-16H,3-14H2,1-2H3,(H2,19,20,21). The van der Waals surface area contributed by atoms with Gasteiger partial charge >= 0.3 is 0 Å². The van der Waals surface area contributed by atoms with Gasteiger partial charge in [0.15, 0.2) is 5.96 Å². The summed E-state index contributed by atoms with van der Waals surface area (Å²) in [7, 11) is -0.716. The van der Waals surface area contributed by atoms with Crippen molar-refractivity contribution in [2.24, 2.45) is 4.99 Å². The van der Waals surface area contributed by atoms with E-state index in [2.05, 4.69) is 15.6 Å². The minimum absolute atomic E-state index is 0.216. The molecule has 2 rings (SSSR count). The molecule has 0 radical (unpaired) electrons. The molecule has 0 aromatic carbocycles. The third-order valence-electron chi connectivity index (χ3n) is 5.02. The fraction of sp³-hybridized carbons (Fsp3) is 0.889. The minimum Gasteiger partial charge on any atom is -0.357 e. The van der Waals surface area contributed by atoms with E-state index in [1.54, 1.807) is 0 Å². The highest BCUT2D eigenvalue weighted by Crippen LogP contribution is 2.23. The molecule has 1 amide bonds. The van der Waals surface area contributed by atoms with Crippen LogP contribution in [-0.4, -0.2) is 64.2 Å². The first-order chi connectivity index (χ1) is 12.1. The van der Waals surface area contributed by atoms with Crippen LogP contribution in [0.1, 0.15) is 58.8 Å². The number of hydrogen-bond acceptors (Lipinski definition) is 3. The van der Waals surface area contributed by atoms with Crippen molar-refractivity contribution in [2.75, 3.05) is 31.9 Å². The Morgan fingerprint density at radius 3 is 2.64 bits per heavy atom. The monoisotopic (exact) mass is 370 g/mol. The van der Waals surface area contributed by atoms with Crippen LogP contribution in [0.25, 0.3) is 0 Å². The van der Waals surface area contributed by atoms with Crippen LogP contribution in [0.4, 0.5) is 0 Å². The summed E-state index contributed by atoms with van der Waals surface area (Å²) in [4.78, 5) is 18.6. The Balaban J connectivity index is 1.82. The van der Waals surface area contributed by atoms with Gasteiger partial charge in [-0.1, -0.05) is 13.3 Å². The maximum absolute atomic E-state index is 12.1. The molecular formula is C18H34N4O2S. The van der Waals surface area contributed by atoms with Crippen LogP contribution >= 0.6 is 0 Å². The smallest absolute Gasteiger partial charge is 0.224 e.